The van der Waals surface area contributed by atoms with Gasteiger partial charge in [-0.15, -0.1) is 0 Å². The molecule has 89 heavy (non-hydrogen) atoms. The smallest absolute Gasteiger partial charge is 0.329 e. The van der Waals surface area contributed by atoms with E-state index in [1.54, 1.807) is 52.0 Å². The number of ether oxygens (including phenoxy) is 2. The maximum absolute atomic E-state index is 15.1. The molecule has 5 rings (SSSR count). The van der Waals surface area contributed by atoms with Crippen LogP contribution < -0.4 is 36.6 Å². The molecule has 19 heteroatoms. The number of rotatable bonds is 24. The first kappa shape index (κ1) is 71.8. The van der Waals surface area contributed by atoms with E-state index in [4.69, 9.17) is 9.47 Å². The topological polar surface area (TPSA) is 268 Å². The zero-order valence-electron chi connectivity index (χ0n) is 54.4. The first-order valence-electron chi connectivity index (χ1n) is 31.5. The summed E-state index contributed by atoms with van der Waals surface area (Å²) in [6, 6.07) is 27.1. The molecule has 0 radical (unpaired) electrons. The van der Waals surface area contributed by atoms with Crippen molar-refractivity contribution in [2.24, 2.45) is 29.6 Å². The van der Waals surface area contributed by atoms with E-state index >= 15 is 14.4 Å². The fourth-order valence-electron chi connectivity index (χ4n) is 10.9. The zero-order valence-corrected chi connectivity index (χ0v) is 54.4. The molecule has 1 saturated heterocycles. The second kappa shape index (κ2) is 33.6. The van der Waals surface area contributed by atoms with E-state index in [2.05, 4.69) is 31.9 Å². The summed E-state index contributed by atoms with van der Waals surface area (Å²) in [5, 5.41) is 27.3. The number of aliphatic hydroxyl groups excluding tert-OH is 1. The molecule has 4 aromatic rings. The Bertz CT molecular complexity index is 2890. The fourth-order valence-corrected chi connectivity index (χ4v) is 10.9. The Labute approximate surface area is 526 Å². The maximum atomic E-state index is 15.1. The van der Waals surface area contributed by atoms with Crippen LogP contribution in [0.1, 0.15) is 157 Å². The van der Waals surface area contributed by atoms with Gasteiger partial charge in [0.25, 0.3) is 0 Å². The number of hydrogen-bond donors (Lipinski definition) is 7. The average Bonchev–Trinajstić information content (AvgIpc) is 0.936. The molecule has 7 amide bonds. The third-order valence-electron chi connectivity index (χ3n) is 16.5. The lowest BCUT2D eigenvalue weighted by Gasteiger charge is -2.37. The van der Waals surface area contributed by atoms with Crippen molar-refractivity contribution in [2.75, 3.05) is 13.7 Å². The van der Waals surface area contributed by atoms with Crippen molar-refractivity contribution in [1.29, 1.82) is 0 Å². The van der Waals surface area contributed by atoms with Gasteiger partial charge in [-0.25, -0.2) is 4.79 Å². The van der Waals surface area contributed by atoms with Crippen LogP contribution in [0.4, 0.5) is 0 Å². The molecule has 484 valence electrons. The van der Waals surface area contributed by atoms with Gasteiger partial charge >= 0.3 is 5.97 Å². The molecule has 0 unspecified atom stereocenters. The Morgan fingerprint density at radius 2 is 1.18 bits per heavy atom. The van der Waals surface area contributed by atoms with Crippen LogP contribution in [-0.2, 0) is 59.8 Å². The van der Waals surface area contributed by atoms with E-state index < -0.39 is 124 Å². The largest absolute Gasteiger partial charge is 0.488 e. The molecule has 1 aliphatic heterocycles. The lowest BCUT2D eigenvalue weighted by atomic mass is 9.76. The zero-order chi connectivity index (χ0) is 65.8. The summed E-state index contributed by atoms with van der Waals surface area (Å²) in [6.07, 6.45) is -1.57. The molecule has 10 atom stereocenters. The highest BCUT2D eigenvalue weighted by Crippen LogP contribution is 2.37. The minimum Gasteiger partial charge on any atom is -0.488 e. The van der Waals surface area contributed by atoms with Crippen LogP contribution in [0.2, 0.25) is 0 Å². The molecule has 0 aliphatic carbocycles. The molecule has 0 aromatic heterocycles. The van der Waals surface area contributed by atoms with Crippen LogP contribution in [0.15, 0.2) is 115 Å². The number of esters is 1. The standard InChI is InChI=1S/C70H97N7O12/c1-14-45(7)59-67(86)77(13)56(41-48-33-36-53(37-34-48)89-69(10,11)12)65(84)74-60(46(8)15-2)68(87)88-47(9)61(66(85)72-55(40-43(3)4)64(83)71-54(32-25-39-78)63(82)73-59)75-62(81)49(42-57(79)44(5)6)35-38-58(80)76-70(50-26-19-16-20-27-50,51-28-21-17-22-29-51)52-30-23-18-24-31-52/h16-24,26-31,33-34,36-37,43-47,49,54-56,59-61,78H,14-15,25,32,35,38-42H2,1-13H3,(H,71,83)(H,72,85)(H,73,82)(H,74,84)(H,75,81)(H,76,80)/t45-,46-,47+,49+,54-,55-,56-,59-,60-,61-/m0/s1. The van der Waals surface area contributed by atoms with E-state index in [1.807, 2.05) is 139 Å². The summed E-state index contributed by atoms with van der Waals surface area (Å²) in [5.41, 5.74) is 1.22. The minimum absolute atomic E-state index is 0.0203. The summed E-state index contributed by atoms with van der Waals surface area (Å²) < 4.78 is 12.2. The number of hydrogen-bond acceptors (Lipinski definition) is 12. The molecular weight excluding hydrogens is 1130 g/mol. The molecule has 1 fully saturated rings. The molecule has 4 aromatic carbocycles. The van der Waals surface area contributed by atoms with E-state index in [0.29, 0.717) is 24.2 Å². The number of benzene rings is 4. The number of nitrogens with one attached hydrogen (secondary N) is 6. The number of carbonyl (C=O) groups excluding carboxylic acids is 9. The van der Waals surface area contributed by atoms with E-state index in [1.165, 1.54) is 18.9 Å². The maximum Gasteiger partial charge on any atom is 0.329 e. The van der Waals surface area contributed by atoms with Gasteiger partial charge in [0, 0.05) is 44.8 Å². The van der Waals surface area contributed by atoms with E-state index in [0.717, 1.165) is 16.7 Å². The number of likely N-dealkylation sites (N-methyl/N-ethyl adjacent to an activating group) is 1. The number of nitrogens with zero attached hydrogens (tertiary/aromatic N) is 1. The Balaban J connectivity index is 1.60. The highest BCUT2D eigenvalue weighted by atomic mass is 16.5. The molecule has 7 N–H and O–H groups in total. The molecular formula is C70H97N7O12. The quantitative estimate of drug-likeness (QED) is 0.0264. The number of cyclic esters (lactones) is 1. The summed E-state index contributed by atoms with van der Waals surface area (Å²) in [7, 11) is 1.44. The summed E-state index contributed by atoms with van der Waals surface area (Å²) in [6.45, 7) is 20.9. The first-order valence-corrected chi connectivity index (χ1v) is 31.5. The van der Waals surface area contributed by atoms with Crippen molar-refractivity contribution in [3.8, 4) is 5.75 Å². The van der Waals surface area contributed by atoms with Crippen molar-refractivity contribution in [2.45, 2.75) is 194 Å². The highest BCUT2D eigenvalue weighted by Gasteiger charge is 2.43. The van der Waals surface area contributed by atoms with Gasteiger partial charge in [0.15, 0.2) is 0 Å². The Morgan fingerprint density at radius 3 is 1.67 bits per heavy atom. The number of Topliss-reactive ketones (excluding diaryl/α,β-unsaturated/α-hetero) is 1. The van der Waals surface area contributed by atoms with E-state index in [9.17, 15) is 33.9 Å². The molecule has 1 heterocycles. The lowest BCUT2D eigenvalue weighted by molar-refractivity contribution is -0.158. The number of ketones is 1. The summed E-state index contributed by atoms with van der Waals surface area (Å²) in [5.74, 6) is -8.94. The second-order valence-corrected chi connectivity index (χ2v) is 25.5. The fraction of sp³-hybridized carbons (Fsp3) is 0.529. The van der Waals surface area contributed by atoms with Crippen molar-refractivity contribution < 1.29 is 57.7 Å². The summed E-state index contributed by atoms with van der Waals surface area (Å²) >= 11 is 0. The van der Waals surface area contributed by atoms with Crippen LogP contribution in [0.5, 0.6) is 5.75 Å². The Kier molecular flexibility index (Phi) is 27.1. The monoisotopic (exact) mass is 1230 g/mol. The van der Waals surface area contributed by atoms with Crippen LogP contribution in [0.3, 0.4) is 0 Å². The molecule has 19 nitrogen and oxygen atoms in total. The van der Waals surface area contributed by atoms with Crippen molar-refractivity contribution in [3.63, 3.8) is 0 Å². The van der Waals surface area contributed by atoms with Gasteiger partial charge in [-0.2, -0.15) is 0 Å². The number of amides is 7. The Morgan fingerprint density at radius 1 is 0.674 bits per heavy atom. The molecule has 0 bridgehead atoms. The molecule has 0 spiro atoms. The van der Waals surface area contributed by atoms with Gasteiger partial charge in [0.05, 0.1) is 0 Å². The van der Waals surface area contributed by atoms with Gasteiger partial charge in [0.1, 0.15) is 65.0 Å². The first-order chi connectivity index (χ1) is 42.1. The third kappa shape index (κ3) is 20.3. The number of carbonyl (C=O) groups is 9. The second-order valence-electron chi connectivity index (χ2n) is 25.5. The lowest BCUT2D eigenvalue weighted by Crippen LogP contribution is -2.61. The van der Waals surface area contributed by atoms with Crippen LogP contribution in [-0.4, -0.2) is 125 Å². The van der Waals surface area contributed by atoms with Crippen LogP contribution in [0, 0.1) is 29.6 Å². The number of aliphatic hydroxyl groups is 1. The SMILES string of the molecule is CC[C@H](C)[C@@H]1NC(=O)[C@H](Cc2ccc(OC(C)(C)C)cc2)N(C)C(=O)[C@H]([C@@H](C)CC)NC(=O)[C@H](CCCO)NC(=O)[C@H](CC(C)C)NC(=O)[C@@H](NC(=O)[C@H](CCC(=O)NC(c2ccccc2)(c2ccccc2)c2ccccc2)CC(=O)C(C)C)[C@@H](C)OC1=O. The van der Waals surface area contributed by atoms with Gasteiger partial charge in [-0.1, -0.05) is 171 Å². The van der Waals surface area contributed by atoms with Gasteiger partial charge < -0.3 is 51.4 Å². The van der Waals surface area contributed by atoms with Crippen molar-refractivity contribution in [1.82, 2.24) is 36.8 Å². The van der Waals surface area contributed by atoms with Crippen molar-refractivity contribution in [3.05, 3.63) is 138 Å². The molecule has 1 aliphatic rings. The van der Waals surface area contributed by atoms with Gasteiger partial charge in [0.2, 0.25) is 41.4 Å². The van der Waals surface area contributed by atoms with E-state index in [-0.39, 0.29) is 63.3 Å². The Hall–Kier alpha value is -7.93. The average molecular weight is 1230 g/mol. The van der Waals surface area contributed by atoms with Gasteiger partial charge in [-0.05, 0) is 106 Å². The predicted molar refractivity (Wildman–Crippen MR) is 342 cm³/mol. The van der Waals surface area contributed by atoms with Crippen LogP contribution in [0.25, 0.3) is 0 Å². The third-order valence-corrected chi connectivity index (χ3v) is 16.5. The predicted octanol–water partition coefficient (Wildman–Crippen LogP) is 7.63. The van der Waals surface area contributed by atoms with Crippen LogP contribution >= 0.6 is 0 Å². The summed E-state index contributed by atoms with van der Waals surface area (Å²) in [4.78, 5) is 134. The normalized spacial score (nSPS) is 21.3. The minimum atomic E-state index is -1.76. The van der Waals surface area contributed by atoms with Gasteiger partial charge in [-0.3, -0.25) is 38.4 Å². The van der Waals surface area contributed by atoms with Crippen molar-refractivity contribution >= 4 is 53.1 Å². The highest BCUT2D eigenvalue weighted by molar-refractivity contribution is 5.98. The molecule has 0 saturated carbocycles.